The first-order valence-electron chi connectivity index (χ1n) is 4.56. The highest BCUT2D eigenvalue weighted by Crippen LogP contribution is 2.19. The largest absolute Gasteiger partial charge is 0.372 e. The standard InChI is InChI=1S/C10H10O.CH3NO/c11-10-7-3-5-8-4-1-2-6-9(8)10;2-1-3/h1-2,4,6H,3,5,7H2;1H,(H2,2,3). The molecule has 3 heteroatoms. The van der Waals surface area contributed by atoms with Crippen molar-refractivity contribution >= 4 is 12.2 Å². The van der Waals surface area contributed by atoms with Crippen LogP contribution in [0, 0.1) is 0 Å². The van der Waals surface area contributed by atoms with Crippen LogP contribution >= 0.6 is 0 Å². The van der Waals surface area contributed by atoms with E-state index in [2.05, 4.69) is 5.73 Å². The summed E-state index contributed by atoms with van der Waals surface area (Å²) in [4.78, 5) is 19.9. The van der Waals surface area contributed by atoms with Gasteiger partial charge in [0, 0.05) is 12.0 Å². The highest BCUT2D eigenvalue weighted by atomic mass is 16.1. The van der Waals surface area contributed by atoms with E-state index in [1.807, 2.05) is 24.3 Å². The number of nitrogens with two attached hydrogens (primary N) is 1. The maximum Gasteiger partial charge on any atom is 0.204 e. The molecule has 1 amide bonds. The van der Waals surface area contributed by atoms with Crippen LogP contribution in [0.25, 0.3) is 0 Å². The zero-order valence-electron chi connectivity index (χ0n) is 7.90. The van der Waals surface area contributed by atoms with Gasteiger partial charge in [-0.2, -0.15) is 0 Å². The van der Waals surface area contributed by atoms with Gasteiger partial charge in [-0.25, -0.2) is 0 Å². The average Bonchev–Trinajstić information content (AvgIpc) is 2.20. The molecule has 74 valence electrons. The quantitative estimate of drug-likeness (QED) is 0.628. The molecule has 1 aliphatic rings. The van der Waals surface area contributed by atoms with Crippen LogP contribution in [0.2, 0.25) is 0 Å². The molecule has 0 saturated carbocycles. The third kappa shape index (κ3) is 2.42. The van der Waals surface area contributed by atoms with Crippen molar-refractivity contribution in [2.75, 3.05) is 0 Å². The minimum atomic E-state index is 0.250. The Hall–Kier alpha value is -1.64. The molecule has 14 heavy (non-hydrogen) atoms. The van der Waals surface area contributed by atoms with Gasteiger partial charge in [0.2, 0.25) is 6.41 Å². The summed E-state index contributed by atoms with van der Waals surface area (Å²) >= 11 is 0. The second-order valence-corrected chi connectivity index (χ2v) is 3.07. The van der Waals surface area contributed by atoms with Gasteiger partial charge in [-0.1, -0.05) is 24.3 Å². The van der Waals surface area contributed by atoms with E-state index >= 15 is 0 Å². The smallest absolute Gasteiger partial charge is 0.204 e. The lowest BCUT2D eigenvalue weighted by atomic mass is 9.91. The van der Waals surface area contributed by atoms with Gasteiger partial charge in [-0.15, -0.1) is 0 Å². The van der Waals surface area contributed by atoms with Crippen LogP contribution in [-0.4, -0.2) is 12.2 Å². The lowest BCUT2D eigenvalue weighted by molar-refractivity contribution is -0.106. The molecular formula is C11H13NO2. The molecule has 0 unspecified atom stereocenters. The van der Waals surface area contributed by atoms with Gasteiger partial charge in [-0.05, 0) is 18.4 Å². The third-order valence-corrected chi connectivity index (χ3v) is 2.17. The number of rotatable bonds is 0. The summed E-state index contributed by atoms with van der Waals surface area (Å²) in [6.07, 6.45) is 3.08. The molecule has 0 bridgehead atoms. The van der Waals surface area contributed by atoms with Gasteiger partial charge < -0.3 is 5.73 Å². The van der Waals surface area contributed by atoms with Crippen LogP contribution in [0.1, 0.15) is 28.8 Å². The van der Waals surface area contributed by atoms with E-state index in [4.69, 9.17) is 4.79 Å². The summed E-state index contributed by atoms with van der Waals surface area (Å²) in [6, 6.07) is 7.91. The zero-order chi connectivity index (χ0) is 10.4. The maximum atomic E-state index is 11.3. The number of fused-ring (bicyclic) bond motifs is 1. The average molecular weight is 191 g/mol. The summed E-state index contributed by atoms with van der Waals surface area (Å²) in [5.74, 6) is 0.312. The number of benzene rings is 1. The lowest BCUT2D eigenvalue weighted by Crippen LogP contribution is -2.09. The molecule has 1 aliphatic carbocycles. The van der Waals surface area contributed by atoms with Gasteiger partial charge >= 0.3 is 0 Å². The van der Waals surface area contributed by atoms with E-state index < -0.39 is 0 Å². The fourth-order valence-electron chi connectivity index (χ4n) is 1.58. The maximum absolute atomic E-state index is 11.3. The number of Topliss-reactive ketones (excluding diaryl/α,β-unsaturated/α-hetero) is 1. The minimum Gasteiger partial charge on any atom is -0.372 e. The molecule has 0 atom stereocenters. The number of amides is 1. The number of carbonyl (C=O) groups excluding carboxylic acids is 2. The molecule has 2 N–H and O–H groups in total. The van der Waals surface area contributed by atoms with E-state index in [0.29, 0.717) is 5.78 Å². The number of ketones is 1. The van der Waals surface area contributed by atoms with Crippen molar-refractivity contribution < 1.29 is 9.59 Å². The molecule has 0 aliphatic heterocycles. The SMILES string of the molecule is NC=O.O=C1CCCc2ccccc21. The second-order valence-electron chi connectivity index (χ2n) is 3.07. The number of primary amides is 1. The number of hydrogen-bond acceptors (Lipinski definition) is 2. The molecule has 0 fully saturated rings. The Bertz CT molecular complexity index is 334. The summed E-state index contributed by atoms with van der Waals surface area (Å²) in [5.41, 5.74) is 6.34. The van der Waals surface area contributed by atoms with Gasteiger partial charge in [0.1, 0.15) is 0 Å². The summed E-state index contributed by atoms with van der Waals surface area (Å²) in [5, 5.41) is 0. The van der Waals surface area contributed by atoms with E-state index in [1.165, 1.54) is 5.56 Å². The lowest BCUT2D eigenvalue weighted by Gasteiger charge is -2.12. The fourth-order valence-corrected chi connectivity index (χ4v) is 1.58. The van der Waals surface area contributed by atoms with E-state index in [9.17, 15) is 4.79 Å². The molecule has 0 radical (unpaired) electrons. The molecule has 0 spiro atoms. The van der Waals surface area contributed by atoms with Crippen molar-refractivity contribution in [1.29, 1.82) is 0 Å². The predicted octanol–water partition coefficient (Wildman–Crippen LogP) is 1.31. The second kappa shape index (κ2) is 5.17. The van der Waals surface area contributed by atoms with Crippen molar-refractivity contribution in [3.05, 3.63) is 35.4 Å². The van der Waals surface area contributed by atoms with Gasteiger partial charge in [-0.3, -0.25) is 9.59 Å². The van der Waals surface area contributed by atoms with Gasteiger partial charge in [0.15, 0.2) is 5.78 Å². The molecule has 3 nitrogen and oxygen atoms in total. The van der Waals surface area contributed by atoms with E-state index in [1.54, 1.807) is 0 Å². The van der Waals surface area contributed by atoms with Crippen LogP contribution in [-0.2, 0) is 11.2 Å². The Morgan fingerprint density at radius 3 is 2.50 bits per heavy atom. The Morgan fingerprint density at radius 2 is 1.86 bits per heavy atom. The van der Waals surface area contributed by atoms with Crippen molar-refractivity contribution in [1.82, 2.24) is 0 Å². The van der Waals surface area contributed by atoms with Crippen molar-refractivity contribution in [2.45, 2.75) is 19.3 Å². The Balaban J connectivity index is 0.000000293. The molecule has 2 rings (SSSR count). The van der Waals surface area contributed by atoms with Crippen molar-refractivity contribution in [3.8, 4) is 0 Å². The van der Waals surface area contributed by atoms with Crippen LogP contribution in [0.3, 0.4) is 0 Å². The summed E-state index contributed by atoms with van der Waals surface area (Å²) in [7, 11) is 0. The third-order valence-electron chi connectivity index (χ3n) is 2.17. The minimum absolute atomic E-state index is 0.250. The Morgan fingerprint density at radius 1 is 1.21 bits per heavy atom. The highest BCUT2D eigenvalue weighted by Gasteiger charge is 2.14. The fraction of sp³-hybridized carbons (Fsp3) is 0.273. The molecule has 0 aromatic heterocycles. The normalized spacial score (nSPS) is 13.6. The Kier molecular flexibility index (Phi) is 3.85. The molecule has 0 heterocycles. The van der Waals surface area contributed by atoms with Crippen molar-refractivity contribution in [3.63, 3.8) is 0 Å². The first-order chi connectivity index (χ1) is 6.79. The van der Waals surface area contributed by atoms with Crippen LogP contribution < -0.4 is 5.73 Å². The monoisotopic (exact) mass is 191 g/mol. The zero-order valence-corrected chi connectivity index (χ0v) is 7.90. The number of hydrogen-bond donors (Lipinski definition) is 1. The summed E-state index contributed by atoms with van der Waals surface area (Å²) < 4.78 is 0. The van der Waals surface area contributed by atoms with Gasteiger partial charge in [0.05, 0.1) is 0 Å². The Labute approximate surface area is 82.9 Å². The first-order valence-corrected chi connectivity index (χ1v) is 4.56. The highest BCUT2D eigenvalue weighted by molar-refractivity contribution is 5.98. The van der Waals surface area contributed by atoms with Crippen LogP contribution in [0.5, 0.6) is 0 Å². The van der Waals surface area contributed by atoms with E-state index in [-0.39, 0.29) is 6.41 Å². The number of carbonyl (C=O) groups is 2. The van der Waals surface area contributed by atoms with E-state index in [0.717, 1.165) is 24.8 Å². The number of aryl methyl sites for hydroxylation is 1. The van der Waals surface area contributed by atoms with Crippen LogP contribution in [0.4, 0.5) is 0 Å². The molecule has 0 saturated heterocycles. The first kappa shape index (κ1) is 10.4. The van der Waals surface area contributed by atoms with Crippen LogP contribution in [0.15, 0.2) is 24.3 Å². The summed E-state index contributed by atoms with van der Waals surface area (Å²) in [6.45, 7) is 0. The van der Waals surface area contributed by atoms with Crippen molar-refractivity contribution in [2.24, 2.45) is 5.73 Å². The molecule has 1 aromatic carbocycles. The molecular weight excluding hydrogens is 178 g/mol. The molecule has 1 aromatic rings. The predicted molar refractivity (Wildman–Crippen MR) is 54.0 cm³/mol. The van der Waals surface area contributed by atoms with Gasteiger partial charge in [0.25, 0.3) is 0 Å². The topological polar surface area (TPSA) is 60.2 Å².